The summed E-state index contributed by atoms with van der Waals surface area (Å²) in [5, 5.41) is 15.2. The Kier molecular flexibility index (Phi) is 6.76. The molecule has 7 nitrogen and oxygen atoms in total. The van der Waals surface area contributed by atoms with E-state index < -0.39 is 42.2 Å². The summed E-state index contributed by atoms with van der Waals surface area (Å²) in [6.45, 7) is 1.91. The highest BCUT2D eigenvalue weighted by atomic mass is 19.4. The number of ether oxygens (including phenoxy) is 1. The Balaban J connectivity index is 1.48. The number of nitrogens with zero attached hydrogens (tertiary/aromatic N) is 1. The van der Waals surface area contributed by atoms with Gasteiger partial charge in [-0.1, -0.05) is 6.07 Å². The smallest absolute Gasteiger partial charge is 0.390 e. The van der Waals surface area contributed by atoms with Crippen molar-refractivity contribution in [3.63, 3.8) is 0 Å². The van der Waals surface area contributed by atoms with Crippen LogP contribution in [-0.4, -0.2) is 72.9 Å². The predicted octanol–water partition coefficient (Wildman–Crippen LogP) is 0.775. The van der Waals surface area contributed by atoms with Gasteiger partial charge in [-0.05, 0) is 31.0 Å². The van der Waals surface area contributed by atoms with Crippen molar-refractivity contribution < 1.29 is 32.6 Å². The second kappa shape index (κ2) is 9.10. The van der Waals surface area contributed by atoms with E-state index in [0.717, 1.165) is 31.0 Å². The third-order valence-electron chi connectivity index (χ3n) is 5.23. The molecule has 1 aromatic carbocycles. The van der Waals surface area contributed by atoms with Crippen LogP contribution in [0.5, 0.6) is 0 Å². The molecule has 10 heteroatoms. The number of halogens is 3. The van der Waals surface area contributed by atoms with Crippen molar-refractivity contribution >= 4 is 11.8 Å². The van der Waals surface area contributed by atoms with E-state index in [1.165, 1.54) is 6.07 Å². The fourth-order valence-electron chi connectivity index (χ4n) is 3.66. The van der Waals surface area contributed by atoms with E-state index in [2.05, 4.69) is 15.5 Å². The first kappa shape index (κ1) is 21.5. The van der Waals surface area contributed by atoms with Crippen LogP contribution >= 0.6 is 0 Å². The lowest BCUT2D eigenvalue weighted by molar-refractivity contribution is -0.137. The number of β-amino-alcohol motifs (C(OH)–C–C–N with tert-alkyl or cyclic N) is 1. The Morgan fingerprint density at radius 3 is 2.62 bits per heavy atom. The number of carbonyl (C=O) groups excluding carboxylic acids is 2. The monoisotopic (exact) mass is 415 g/mol. The summed E-state index contributed by atoms with van der Waals surface area (Å²) in [7, 11) is 0. The Morgan fingerprint density at radius 1 is 1.21 bits per heavy atom. The fourth-order valence-corrected chi connectivity index (χ4v) is 3.66. The molecule has 0 spiro atoms. The molecule has 2 saturated heterocycles. The Bertz CT molecular complexity index is 738. The molecule has 2 atom stereocenters. The molecule has 0 saturated carbocycles. The van der Waals surface area contributed by atoms with Crippen molar-refractivity contribution in [1.29, 1.82) is 0 Å². The van der Waals surface area contributed by atoms with Crippen LogP contribution in [0.15, 0.2) is 24.3 Å². The maximum Gasteiger partial charge on any atom is 0.416 e. The molecule has 3 rings (SSSR count). The maximum absolute atomic E-state index is 12.7. The molecule has 1 aromatic rings. The summed E-state index contributed by atoms with van der Waals surface area (Å²) in [4.78, 5) is 26.3. The highest BCUT2D eigenvalue weighted by Crippen LogP contribution is 2.29. The lowest BCUT2D eigenvalue weighted by Crippen LogP contribution is -2.47. The standard InChI is InChI=1S/C19H24F3N3O4/c20-19(21,22)13-3-1-2-12(8-13)18(28)23-9-17(27)24-15-10-25(11-16(15)26)14-4-6-29-7-5-14/h1-3,8,14-16,26H,4-7,9-11H2,(H,23,28)(H,24,27). The third-order valence-corrected chi connectivity index (χ3v) is 5.23. The number of likely N-dealkylation sites (tertiary alicyclic amines) is 1. The molecule has 2 amide bonds. The van der Waals surface area contributed by atoms with Gasteiger partial charge in [-0.2, -0.15) is 13.2 Å². The van der Waals surface area contributed by atoms with Crippen molar-refractivity contribution in [2.24, 2.45) is 0 Å². The zero-order chi connectivity index (χ0) is 21.0. The molecular weight excluding hydrogens is 391 g/mol. The van der Waals surface area contributed by atoms with E-state index in [-0.39, 0.29) is 5.56 Å². The second-order valence-corrected chi connectivity index (χ2v) is 7.30. The average molecular weight is 415 g/mol. The van der Waals surface area contributed by atoms with Crippen molar-refractivity contribution in [2.75, 3.05) is 32.8 Å². The van der Waals surface area contributed by atoms with Crippen LogP contribution in [0.2, 0.25) is 0 Å². The Labute approximate surface area is 166 Å². The van der Waals surface area contributed by atoms with E-state index in [1.54, 1.807) is 0 Å². The number of aliphatic hydroxyl groups is 1. The van der Waals surface area contributed by atoms with E-state index in [9.17, 15) is 27.9 Å². The lowest BCUT2D eigenvalue weighted by atomic mass is 10.1. The first-order valence-corrected chi connectivity index (χ1v) is 9.48. The zero-order valence-electron chi connectivity index (χ0n) is 15.7. The molecule has 2 heterocycles. The number of rotatable bonds is 5. The first-order valence-electron chi connectivity index (χ1n) is 9.48. The molecule has 2 fully saturated rings. The molecule has 0 bridgehead atoms. The second-order valence-electron chi connectivity index (χ2n) is 7.30. The van der Waals surface area contributed by atoms with Gasteiger partial charge in [0.05, 0.1) is 24.3 Å². The molecule has 0 radical (unpaired) electrons. The highest BCUT2D eigenvalue weighted by molar-refractivity contribution is 5.96. The van der Waals surface area contributed by atoms with E-state index >= 15 is 0 Å². The maximum atomic E-state index is 12.7. The van der Waals surface area contributed by atoms with Gasteiger partial charge in [-0.25, -0.2) is 0 Å². The van der Waals surface area contributed by atoms with E-state index in [1.807, 2.05) is 0 Å². The molecule has 0 aromatic heterocycles. The number of nitrogens with one attached hydrogen (secondary N) is 2. The summed E-state index contributed by atoms with van der Waals surface area (Å²) >= 11 is 0. The molecule has 3 N–H and O–H groups in total. The van der Waals surface area contributed by atoms with Gasteiger partial charge in [0.1, 0.15) is 0 Å². The van der Waals surface area contributed by atoms with E-state index in [0.29, 0.717) is 32.3 Å². The number of benzene rings is 1. The molecule has 2 unspecified atom stereocenters. The Morgan fingerprint density at radius 2 is 1.93 bits per heavy atom. The zero-order valence-corrected chi connectivity index (χ0v) is 15.7. The Hall–Kier alpha value is -2.17. The van der Waals surface area contributed by atoms with Gasteiger partial charge in [-0.15, -0.1) is 0 Å². The quantitative estimate of drug-likeness (QED) is 0.661. The largest absolute Gasteiger partial charge is 0.416 e. The van der Waals surface area contributed by atoms with Crippen molar-refractivity contribution in [3.05, 3.63) is 35.4 Å². The molecule has 0 aliphatic carbocycles. The normalized spacial score (nSPS) is 23.7. The number of hydrogen-bond acceptors (Lipinski definition) is 5. The molecular formula is C19H24F3N3O4. The van der Waals surface area contributed by atoms with Gasteiger partial charge in [0.15, 0.2) is 0 Å². The fraction of sp³-hybridized carbons (Fsp3) is 0.579. The van der Waals surface area contributed by atoms with Gasteiger partial charge >= 0.3 is 6.18 Å². The van der Waals surface area contributed by atoms with Crippen molar-refractivity contribution in [3.8, 4) is 0 Å². The number of amides is 2. The van der Waals surface area contributed by atoms with Gasteiger partial charge in [0.2, 0.25) is 5.91 Å². The van der Waals surface area contributed by atoms with E-state index in [4.69, 9.17) is 4.74 Å². The molecule has 2 aliphatic heterocycles. The van der Waals surface area contributed by atoms with Gasteiger partial charge in [0.25, 0.3) is 5.91 Å². The summed E-state index contributed by atoms with van der Waals surface area (Å²) < 4.78 is 43.6. The van der Waals surface area contributed by atoms with Crippen LogP contribution in [0.25, 0.3) is 0 Å². The van der Waals surface area contributed by atoms with Crippen LogP contribution in [0, 0.1) is 0 Å². The van der Waals surface area contributed by atoms with Crippen LogP contribution in [0.1, 0.15) is 28.8 Å². The molecule has 160 valence electrons. The predicted molar refractivity (Wildman–Crippen MR) is 97.1 cm³/mol. The van der Waals surface area contributed by atoms with Gasteiger partial charge < -0.3 is 20.5 Å². The minimum Gasteiger partial charge on any atom is -0.390 e. The highest BCUT2D eigenvalue weighted by Gasteiger charge is 2.36. The molecule has 29 heavy (non-hydrogen) atoms. The van der Waals surface area contributed by atoms with Crippen molar-refractivity contribution in [1.82, 2.24) is 15.5 Å². The topological polar surface area (TPSA) is 90.9 Å². The SMILES string of the molecule is O=C(CNC(=O)c1cccc(C(F)(F)F)c1)NC1CN(C2CCOCC2)CC1O. The number of alkyl halides is 3. The molecule has 2 aliphatic rings. The van der Waals surface area contributed by atoms with Crippen LogP contribution in [0.3, 0.4) is 0 Å². The minimum absolute atomic E-state index is 0.181. The summed E-state index contributed by atoms with van der Waals surface area (Å²) in [5.74, 6) is -1.29. The van der Waals surface area contributed by atoms with Gasteiger partial charge in [-0.3, -0.25) is 14.5 Å². The van der Waals surface area contributed by atoms with Crippen LogP contribution < -0.4 is 10.6 Å². The van der Waals surface area contributed by atoms with Crippen LogP contribution in [0.4, 0.5) is 13.2 Å². The first-order chi connectivity index (χ1) is 13.7. The van der Waals surface area contributed by atoms with Crippen molar-refractivity contribution in [2.45, 2.75) is 37.2 Å². The van der Waals surface area contributed by atoms with Gasteiger partial charge in [0, 0.05) is 37.9 Å². The summed E-state index contributed by atoms with van der Waals surface area (Å²) in [5.41, 5.74) is -1.11. The van der Waals surface area contributed by atoms with Crippen LogP contribution in [-0.2, 0) is 15.7 Å². The summed E-state index contributed by atoms with van der Waals surface area (Å²) in [6.07, 6.45) is -3.52. The third kappa shape index (κ3) is 5.68. The number of carbonyl (C=O) groups is 2. The lowest BCUT2D eigenvalue weighted by Gasteiger charge is -2.30. The number of hydrogen-bond donors (Lipinski definition) is 3. The summed E-state index contributed by atoms with van der Waals surface area (Å²) in [6, 6.07) is 3.83. The minimum atomic E-state index is -4.55. The number of aliphatic hydroxyl groups excluding tert-OH is 1. The average Bonchev–Trinajstić information content (AvgIpc) is 3.06.